The second kappa shape index (κ2) is 11.5. The van der Waals surface area contributed by atoms with Crippen molar-refractivity contribution in [3.05, 3.63) is 71.8 Å². The van der Waals surface area contributed by atoms with Gasteiger partial charge < -0.3 is 19.7 Å². The highest BCUT2D eigenvalue weighted by atomic mass is 16.5. The molecule has 0 amide bonds. The number of aromatic hydroxyl groups is 1. The number of rotatable bonds is 12. The van der Waals surface area contributed by atoms with Crippen molar-refractivity contribution in [2.24, 2.45) is 0 Å². The van der Waals surface area contributed by atoms with Crippen molar-refractivity contribution in [2.75, 3.05) is 13.7 Å². The maximum Gasteiger partial charge on any atom is 0.303 e. The third-order valence-electron chi connectivity index (χ3n) is 4.40. The Morgan fingerprint density at radius 2 is 1.87 bits per heavy atom. The third kappa shape index (κ3) is 6.81. The predicted molar refractivity (Wildman–Crippen MR) is 115 cm³/mol. The molecule has 0 aliphatic heterocycles. The molecule has 0 fully saturated rings. The number of carbonyl (C=O) groups excluding carboxylic acids is 1. The van der Waals surface area contributed by atoms with Crippen LogP contribution in [0.4, 0.5) is 0 Å². The first-order valence-corrected chi connectivity index (χ1v) is 9.62. The lowest BCUT2D eigenvalue weighted by molar-refractivity contribution is -0.137. The monoisotopic (exact) mass is 410 g/mol. The molecule has 0 aliphatic carbocycles. The molecule has 6 heteroatoms. The van der Waals surface area contributed by atoms with Gasteiger partial charge in [0, 0.05) is 23.6 Å². The van der Waals surface area contributed by atoms with Crippen molar-refractivity contribution in [3.63, 3.8) is 0 Å². The van der Waals surface area contributed by atoms with Crippen LogP contribution in [0.15, 0.2) is 55.1 Å². The number of hydrogen-bond donors (Lipinski definition) is 2. The number of phenols is 1. The summed E-state index contributed by atoms with van der Waals surface area (Å²) in [6.45, 7) is 4.10. The van der Waals surface area contributed by atoms with Crippen LogP contribution in [0.1, 0.15) is 40.7 Å². The number of unbranched alkanes of at least 4 members (excludes halogenated alkanes) is 1. The number of carboxylic acids is 1. The number of methoxy groups -OCH3 is 1. The molecule has 0 heterocycles. The van der Waals surface area contributed by atoms with E-state index in [9.17, 15) is 14.7 Å². The van der Waals surface area contributed by atoms with Gasteiger partial charge in [-0.2, -0.15) is 0 Å². The third-order valence-corrected chi connectivity index (χ3v) is 4.40. The van der Waals surface area contributed by atoms with Gasteiger partial charge in [-0.25, -0.2) is 0 Å². The number of carboxylic acid groups (broad SMARTS) is 1. The molecule has 0 saturated heterocycles. The summed E-state index contributed by atoms with van der Waals surface area (Å²) in [5.74, 6) is 0.223. The van der Waals surface area contributed by atoms with E-state index in [0.717, 1.165) is 0 Å². The molecule has 2 aromatic rings. The fourth-order valence-electron chi connectivity index (χ4n) is 2.80. The minimum atomic E-state index is -0.812. The van der Waals surface area contributed by atoms with E-state index in [0.29, 0.717) is 54.1 Å². The molecule has 6 nitrogen and oxygen atoms in total. The Bertz CT molecular complexity index is 912. The molecule has 0 unspecified atom stereocenters. The lowest BCUT2D eigenvalue weighted by Gasteiger charge is -2.09. The number of allylic oxidation sites excluding steroid dienone is 2. The largest absolute Gasteiger partial charge is 0.508 e. The van der Waals surface area contributed by atoms with Crippen LogP contribution >= 0.6 is 0 Å². The highest BCUT2D eigenvalue weighted by molar-refractivity contribution is 6.07. The Hall–Kier alpha value is -3.54. The van der Waals surface area contributed by atoms with Gasteiger partial charge in [-0.15, -0.1) is 6.58 Å². The lowest BCUT2D eigenvalue weighted by atomic mass is 10.0. The molecule has 158 valence electrons. The SMILES string of the molecule is C=CCc1cc(/C=C/C(=O)c2ccc(OCCCCC(=O)O)cc2)c(OC)cc1O. The fourth-order valence-corrected chi connectivity index (χ4v) is 2.80. The average Bonchev–Trinajstić information content (AvgIpc) is 2.73. The molecule has 0 radical (unpaired) electrons. The number of hydrogen-bond acceptors (Lipinski definition) is 5. The molecule has 0 aliphatic rings. The van der Waals surface area contributed by atoms with Gasteiger partial charge in [0.15, 0.2) is 5.78 Å². The van der Waals surface area contributed by atoms with Crippen LogP contribution in [0, 0.1) is 0 Å². The normalized spacial score (nSPS) is 10.7. The first kappa shape index (κ1) is 22.7. The summed E-state index contributed by atoms with van der Waals surface area (Å²) in [4.78, 5) is 23.0. The van der Waals surface area contributed by atoms with Gasteiger partial charge in [-0.05, 0) is 67.3 Å². The zero-order valence-electron chi connectivity index (χ0n) is 17.0. The van der Waals surface area contributed by atoms with E-state index in [1.165, 1.54) is 19.3 Å². The van der Waals surface area contributed by atoms with Crippen LogP contribution < -0.4 is 9.47 Å². The van der Waals surface area contributed by atoms with Gasteiger partial charge in [-0.3, -0.25) is 9.59 Å². The number of ketones is 1. The first-order valence-electron chi connectivity index (χ1n) is 9.62. The van der Waals surface area contributed by atoms with E-state index in [1.54, 1.807) is 42.5 Å². The summed E-state index contributed by atoms with van der Waals surface area (Å²) in [6, 6.07) is 10.1. The molecule has 0 aromatic heterocycles. The number of aliphatic carboxylic acids is 1. The molecule has 0 saturated carbocycles. The van der Waals surface area contributed by atoms with E-state index in [-0.39, 0.29) is 18.0 Å². The van der Waals surface area contributed by atoms with Crippen molar-refractivity contribution in [2.45, 2.75) is 25.7 Å². The molecule has 2 rings (SSSR count). The Labute approximate surface area is 176 Å². The second-order valence-electron chi connectivity index (χ2n) is 6.64. The molecule has 0 spiro atoms. The average molecular weight is 410 g/mol. The van der Waals surface area contributed by atoms with Crippen LogP contribution in [-0.4, -0.2) is 35.7 Å². The minimum Gasteiger partial charge on any atom is -0.508 e. The number of ether oxygens (including phenoxy) is 2. The Morgan fingerprint density at radius 1 is 1.13 bits per heavy atom. The summed E-state index contributed by atoms with van der Waals surface area (Å²) < 4.78 is 10.8. The summed E-state index contributed by atoms with van der Waals surface area (Å²) in [5, 5.41) is 18.6. The summed E-state index contributed by atoms with van der Waals surface area (Å²) in [7, 11) is 1.50. The summed E-state index contributed by atoms with van der Waals surface area (Å²) in [6.07, 6.45) is 6.64. The van der Waals surface area contributed by atoms with Gasteiger partial charge in [0.2, 0.25) is 0 Å². The van der Waals surface area contributed by atoms with Crippen molar-refractivity contribution in [1.29, 1.82) is 0 Å². The van der Waals surface area contributed by atoms with E-state index in [1.807, 2.05) is 0 Å². The zero-order chi connectivity index (χ0) is 21.9. The zero-order valence-corrected chi connectivity index (χ0v) is 17.0. The van der Waals surface area contributed by atoms with Crippen LogP contribution in [0.3, 0.4) is 0 Å². The Kier molecular flexibility index (Phi) is 8.69. The highest BCUT2D eigenvalue weighted by Gasteiger charge is 2.09. The predicted octanol–water partition coefficient (Wildman–Crippen LogP) is 4.66. The van der Waals surface area contributed by atoms with Crippen LogP contribution in [0.2, 0.25) is 0 Å². The summed E-state index contributed by atoms with van der Waals surface area (Å²) >= 11 is 0. The maximum atomic E-state index is 12.5. The summed E-state index contributed by atoms with van der Waals surface area (Å²) in [5.41, 5.74) is 1.89. The van der Waals surface area contributed by atoms with Crippen LogP contribution in [-0.2, 0) is 11.2 Å². The minimum absolute atomic E-state index is 0.119. The van der Waals surface area contributed by atoms with Gasteiger partial charge in [0.1, 0.15) is 17.2 Å². The number of phenolic OH excluding ortho intramolecular Hbond substituents is 1. The smallest absolute Gasteiger partial charge is 0.303 e. The Morgan fingerprint density at radius 3 is 2.50 bits per heavy atom. The number of carbonyl (C=O) groups is 2. The van der Waals surface area contributed by atoms with Gasteiger partial charge in [-0.1, -0.05) is 6.08 Å². The first-order chi connectivity index (χ1) is 14.4. The van der Waals surface area contributed by atoms with Crippen LogP contribution in [0.5, 0.6) is 17.2 Å². The molecular formula is C24H26O6. The van der Waals surface area contributed by atoms with Crippen molar-refractivity contribution in [1.82, 2.24) is 0 Å². The van der Waals surface area contributed by atoms with Gasteiger partial charge in [0.05, 0.1) is 13.7 Å². The Balaban J connectivity index is 2.00. The fraction of sp³-hybridized carbons (Fsp3) is 0.250. The second-order valence-corrected chi connectivity index (χ2v) is 6.64. The van der Waals surface area contributed by atoms with Crippen LogP contribution in [0.25, 0.3) is 6.08 Å². The van der Waals surface area contributed by atoms with E-state index in [2.05, 4.69) is 6.58 Å². The highest BCUT2D eigenvalue weighted by Crippen LogP contribution is 2.30. The topological polar surface area (TPSA) is 93.1 Å². The quantitative estimate of drug-likeness (QED) is 0.229. The van der Waals surface area contributed by atoms with Gasteiger partial charge in [0.25, 0.3) is 0 Å². The molecule has 0 atom stereocenters. The molecule has 30 heavy (non-hydrogen) atoms. The van der Waals surface area contributed by atoms with E-state index in [4.69, 9.17) is 14.6 Å². The lowest BCUT2D eigenvalue weighted by Crippen LogP contribution is -2.01. The molecular weight excluding hydrogens is 384 g/mol. The van der Waals surface area contributed by atoms with E-state index >= 15 is 0 Å². The standard InChI is InChI=1S/C24H26O6/c1-3-6-18-15-19(23(29-2)16-22(18)26)10-13-21(25)17-8-11-20(12-9-17)30-14-5-4-7-24(27)28/h3,8-13,15-16,26H,1,4-7,14H2,2H3,(H,27,28)/b13-10+. The van der Waals surface area contributed by atoms with Gasteiger partial charge >= 0.3 is 5.97 Å². The van der Waals surface area contributed by atoms with Crippen molar-refractivity contribution in [3.8, 4) is 17.2 Å². The molecule has 2 aromatic carbocycles. The maximum absolute atomic E-state index is 12.5. The molecule has 2 N–H and O–H groups in total. The van der Waals surface area contributed by atoms with Crippen molar-refractivity contribution >= 4 is 17.8 Å². The molecule has 0 bridgehead atoms. The van der Waals surface area contributed by atoms with E-state index < -0.39 is 5.97 Å². The number of benzene rings is 2. The van der Waals surface area contributed by atoms with Crippen molar-refractivity contribution < 1.29 is 29.3 Å².